The molecule has 0 saturated carbocycles. The number of carbonyl (C=O) groups is 2. The van der Waals surface area contributed by atoms with Gasteiger partial charge in [0.25, 0.3) is 0 Å². The lowest BCUT2D eigenvalue weighted by molar-refractivity contribution is -0.150. The maximum absolute atomic E-state index is 12.4. The Morgan fingerprint density at radius 2 is 0.898 bits per heavy atom. The second kappa shape index (κ2) is 36.6. The average molecular weight is 698 g/mol. The normalized spacial score (nSPS) is 13.4. The number of carbonyl (C=O) groups excluding carboxylic acids is 2. The van der Waals surface area contributed by atoms with E-state index in [1.165, 1.54) is 64.2 Å². The fourth-order valence-corrected chi connectivity index (χ4v) is 6.58. The zero-order chi connectivity index (χ0) is 36.2. The molecule has 0 aromatic carbocycles. The Morgan fingerprint density at radius 1 is 0.510 bits per heavy atom. The van der Waals surface area contributed by atoms with Crippen molar-refractivity contribution >= 4 is 11.9 Å². The van der Waals surface area contributed by atoms with Crippen molar-refractivity contribution < 1.29 is 29.3 Å². The summed E-state index contributed by atoms with van der Waals surface area (Å²) in [6.45, 7) is 11.4. The second-order valence-corrected chi connectivity index (χ2v) is 14.7. The average Bonchev–Trinajstić information content (AvgIpc) is 3.09. The van der Waals surface area contributed by atoms with Crippen molar-refractivity contribution in [1.29, 1.82) is 0 Å². The van der Waals surface area contributed by atoms with Gasteiger partial charge in [0.1, 0.15) is 12.2 Å². The first-order chi connectivity index (χ1) is 23.9. The largest absolute Gasteiger partial charge is 0.462 e. The molecule has 0 aromatic heterocycles. The molecule has 2 N–H and O–H groups in total. The first-order valence-electron chi connectivity index (χ1n) is 21.3. The molecule has 0 heterocycles. The number of esters is 2. The fraction of sp³-hybridized carbons (Fsp3) is 0.952. The highest BCUT2D eigenvalue weighted by atomic mass is 16.5. The predicted molar refractivity (Wildman–Crippen MR) is 206 cm³/mol. The number of aliphatic hydroxyl groups is 2. The summed E-state index contributed by atoms with van der Waals surface area (Å²) in [7, 11) is 0. The van der Waals surface area contributed by atoms with Crippen LogP contribution in [-0.2, 0) is 19.1 Å². The lowest BCUT2D eigenvalue weighted by atomic mass is 10.1. The Balaban J connectivity index is 4.11. The van der Waals surface area contributed by atoms with Crippen molar-refractivity contribution in [3.8, 4) is 0 Å². The van der Waals surface area contributed by atoms with Crippen LogP contribution in [0.15, 0.2) is 0 Å². The van der Waals surface area contributed by atoms with Gasteiger partial charge in [0.2, 0.25) is 0 Å². The van der Waals surface area contributed by atoms with E-state index in [1.54, 1.807) is 0 Å². The summed E-state index contributed by atoms with van der Waals surface area (Å²) < 4.78 is 11.5. The number of aliphatic hydroxyl groups excluding tert-OH is 2. The van der Waals surface area contributed by atoms with Crippen LogP contribution in [0.4, 0.5) is 0 Å². The molecule has 7 heteroatoms. The molecule has 0 radical (unpaired) electrons. The molecule has 3 atom stereocenters. The number of ether oxygens (including phenoxy) is 2. The molecule has 292 valence electrons. The molecular formula is C42H83NO6. The van der Waals surface area contributed by atoms with Crippen molar-refractivity contribution in [2.75, 3.05) is 26.2 Å². The Kier molecular flexibility index (Phi) is 35.7. The molecule has 0 aliphatic carbocycles. The quantitative estimate of drug-likeness (QED) is 0.0489. The van der Waals surface area contributed by atoms with E-state index in [-0.39, 0.29) is 36.9 Å². The van der Waals surface area contributed by atoms with Crippen molar-refractivity contribution in [3.05, 3.63) is 0 Å². The first-order valence-corrected chi connectivity index (χ1v) is 21.3. The molecule has 0 spiro atoms. The molecule has 0 rings (SSSR count). The van der Waals surface area contributed by atoms with Gasteiger partial charge in [0.15, 0.2) is 0 Å². The van der Waals surface area contributed by atoms with Crippen molar-refractivity contribution in [2.24, 2.45) is 0 Å². The van der Waals surface area contributed by atoms with Gasteiger partial charge in [0.05, 0.1) is 6.10 Å². The van der Waals surface area contributed by atoms with E-state index in [1.807, 2.05) is 0 Å². The summed E-state index contributed by atoms with van der Waals surface area (Å²) in [6, 6.07) is 0. The van der Waals surface area contributed by atoms with Crippen LogP contribution >= 0.6 is 0 Å². The molecule has 0 amide bonds. The van der Waals surface area contributed by atoms with Crippen LogP contribution in [-0.4, -0.2) is 71.6 Å². The van der Waals surface area contributed by atoms with Gasteiger partial charge < -0.3 is 24.6 Å². The number of unbranched alkanes of at least 4 members (excludes halogenated alkanes) is 17. The Hall–Kier alpha value is -1.18. The van der Waals surface area contributed by atoms with E-state index in [0.717, 1.165) is 122 Å². The van der Waals surface area contributed by atoms with E-state index < -0.39 is 0 Å². The van der Waals surface area contributed by atoms with E-state index in [9.17, 15) is 19.8 Å². The maximum Gasteiger partial charge on any atom is 0.306 e. The molecular weight excluding hydrogens is 614 g/mol. The Bertz CT molecular complexity index is 719. The molecule has 0 aromatic rings. The smallest absolute Gasteiger partial charge is 0.306 e. The summed E-state index contributed by atoms with van der Waals surface area (Å²) in [4.78, 5) is 27.1. The molecule has 0 saturated heterocycles. The first kappa shape index (κ1) is 47.8. The van der Waals surface area contributed by atoms with Crippen LogP contribution in [0, 0.1) is 0 Å². The number of hydrogen-bond donors (Lipinski definition) is 2. The predicted octanol–water partition coefficient (Wildman–Crippen LogP) is 10.9. The maximum atomic E-state index is 12.4. The minimum absolute atomic E-state index is 0.0363. The van der Waals surface area contributed by atoms with E-state index in [0.29, 0.717) is 19.4 Å². The monoisotopic (exact) mass is 698 g/mol. The third-order valence-corrected chi connectivity index (χ3v) is 9.89. The van der Waals surface area contributed by atoms with E-state index in [2.05, 4.69) is 32.6 Å². The molecule has 0 aliphatic rings. The molecule has 0 bridgehead atoms. The van der Waals surface area contributed by atoms with Gasteiger partial charge in [-0.1, -0.05) is 124 Å². The number of rotatable bonds is 38. The van der Waals surface area contributed by atoms with Crippen LogP contribution in [0.25, 0.3) is 0 Å². The Morgan fingerprint density at radius 3 is 1.37 bits per heavy atom. The Labute approximate surface area is 304 Å². The third-order valence-electron chi connectivity index (χ3n) is 9.89. The molecule has 0 aliphatic heterocycles. The highest BCUT2D eigenvalue weighted by molar-refractivity contribution is 5.69. The minimum atomic E-state index is -0.373. The summed E-state index contributed by atoms with van der Waals surface area (Å²) in [5, 5.41) is 20.0. The summed E-state index contributed by atoms with van der Waals surface area (Å²) in [5.74, 6) is -0.108. The molecule has 3 unspecified atom stereocenters. The van der Waals surface area contributed by atoms with Gasteiger partial charge in [-0.25, -0.2) is 0 Å². The lowest BCUT2D eigenvalue weighted by Gasteiger charge is -2.25. The molecule has 0 fully saturated rings. The van der Waals surface area contributed by atoms with Crippen LogP contribution < -0.4 is 0 Å². The fourth-order valence-electron chi connectivity index (χ4n) is 6.58. The van der Waals surface area contributed by atoms with Gasteiger partial charge in [-0.2, -0.15) is 0 Å². The summed E-state index contributed by atoms with van der Waals surface area (Å²) in [6.07, 6.45) is 30.0. The van der Waals surface area contributed by atoms with Gasteiger partial charge in [-0.05, 0) is 90.1 Å². The molecule has 49 heavy (non-hydrogen) atoms. The highest BCUT2D eigenvalue weighted by Crippen LogP contribution is 2.17. The third kappa shape index (κ3) is 32.5. The van der Waals surface area contributed by atoms with Crippen molar-refractivity contribution in [1.82, 2.24) is 4.90 Å². The standard InChI is InChI=1S/C42H83NO6/c1-5-9-11-13-16-22-30-39(7-3)48-41(46)32-24-18-15-19-26-34-43(35-27-28-36-44)37-38(45)29-21-20-25-33-42(47)49-40(8-4)31-23-17-14-12-10-6-2/h38-40,44-45H,5-37H2,1-4H3. The number of nitrogens with zero attached hydrogens (tertiary/aromatic N) is 1. The zero-order valence-corrected chi connectivity index (χ0v) is 33.0. The van der Waals surface area contributed by atoms with Crippen LogP contribution in [0.3, 0.4) is 0 Å². The lowest BCUT2D eigenvalue weighted by Crippen LogP contribution is -2.34. The van der Waals surface area contributed by atoms with Crippen LogP contribution in [0.2, 0.25) is 0 Å². The van der Waals surface area contributed by atoms with Crippen molar-refractivity contribution in [2.45, 2.75) is 232 Å². The minimum Gasteiger partial charge on any atom is -0.462 e. The van der Waals surface area contributed by atoms with Gasteiger partial charge in [0, 0.05) is 26.0 Å². The van der Waals surface area contributed by atoms with Crippen LogP contribution in [0.1, 0.15) is 214 Å². The van der Waals surface area contributed by atoms with Gasteiger partial charge >= 0.3 is 11.9 Å². The van der Waals surface area contributed by atoms with E-state index >= 15 is 0 Å². The topological polar surface area (TPSA) is 96.3 Å². The van der Waals surface area contributed by atoms with E-state index in [4.69, 9.17) is 9.47 Å². The SMILES string of the molecule is CCCCCCCCC(CC)OC(=O)CCCCCCCN(CCCCO)CC(O)CCCCCC(=O)OC(CC)CCCCCCCC. The highest BCUT2D eigenvalue weighted by Gasteiger charge is 2.15. The summed E-state index contributed by atoms with van der Waals surface area (Å²) in [5.41, 5.74) is 0. The van der Waals surface area contributed by atoms with Gasteiger partial charge in [-0.3, -0.25) is 9.59 Å². The zero-order valence-electron chi connectivity index (χ0n) is 33.0. The number of hydrogen-bond acceptors (Lipinski definition) is 7. The molecule has 7 nitrogen and oxygen atoms in total. The van der Waals surface area contributed by atoms with Crippen molar-refractivity contribution in [3.63, 3.8) is 0 Å². The van der Waals surface area contributed by atoms with Gasteiger partial charge in [-0.15, -0.1) is 0 Å². The second-order valence-electron chi connectivity index (χ2n) is 14.7. The van der Waals surface area contributed by atoms with Crippen LogP contribution in [0.5, 0.6) is 0 Å². The summed E-state index contributed by atoms with van der Waals surface area (Å²) >= 11 is 0.